The monoisotopic (exact) mass is 191 g/mol. The number of β-amino-alcohol motifs (C(OH)–C–C–N with tert-alkyl or cyclic N) is 1. The van der Waals surface area contributed by atoms with Crippen molar-refractivity contribution in [3.05, 3.63) is 29.8 Å². The third kappa shape index (κ3) is 1.12. The number of amides is 1. The van der Waals surface area contributed by atoms with E-state index >= 15 is 0 Å². The number of Topliss-reactive ketones (excluding diaryl/α,β-unsaturated/α-hetero) is 1. The fourth-order valence-corrected chi connectivity index (χ4v) is 1.57. The zero-order chi connectivity index (χ0) is 10.1. The molecule has 4 heteroatoms. The van der Waals surface area contributed by atoms with Crippen molar-refractivity contribution in [1.82, 2.24) is 0 Å². The van der Waals surface area contributed by atoms with Crippen molar-refractivity contribution in [2.75, 3.05) is 18.1 Å². The van der Waals surface area contributed by atoms with Gasteiger partial charge >= 0.3 is 0 Å². The third-order valence-electron chi connectivity index (χ3n) is 2.20. The molecule has 0 unspecified atom stereocenters. The maximum Gasteiger partial charge on any atom is 0.299 e. The molecule has 1 N–H and O–H groups in total. The van der Waals surface area contributed by atoms with Crippen molar-refractivity contribution in [3.8, 4) is 0 Å². The molecular formula is C10H9NO3. The Morgan fingerprint density at radius 2 is 1.93 bits per heavy atom. The molecule has 1 aromatic carbocycles. The summed E-state index contributed by atoms with van der Waals surface area (Å²) in [5.41, 5.74) is 1.02. The van der Waals surface area contributed by atoms with Gasteiger partial charge in [0, 0.05) is 6.54 Å². The van der Waals surface area contributed by atoms with Crippen LogP contribution in [0.2, 0.25) is 0 Å². The summed E-state index contributed by atoms with van der Waals surface area (Å²) in [4.78, 5) is 24.1. The molecule has 1 amide bonds. The molecule has 0 atom stereocenters. The number of hydrogen-bond donors (Lipinski definition) is 1. The number of anilines is 1. The van der Waals surface area contributed by atoms with E-state index in [2.05, 4.69) is 0 Å². The van der Waals surface area contributed by atoms with Crippen LogP contribution in [0, 0.1) is 0 Å². The lowest BCUT2D eigenvalue weighted by Crippen LogP contribution is -2.32. The molecule has 14 heavy (non-hydrogen) atoms. The van der Waals surface area contributed by atoms with E-state index in [1.807, 2.05) is 0 Å². The lowest BCUT2D eigenvalue weighted by atomic mass is 10.1. The third-order valence-corrected chi connectivity index (χ3v) is 2.20. The molecule has 0 spiro atoms. The summed E-state index contributed by atoms with van der Waals surface area (Å²) < 4.78 is 0. The van der Waals surface area contributed by atoms with Crippen LogP contribution in [0.3, 0.4) is 0 Å². The Bertz CT molecular complexity index is 400. The van der Waals surface area contributed by atoms with Crippen LogP contribution in [0.1, 0.15) is 10.4 Å². The number of nitrogens with zero attached hydrogens (tertiary/aromatic N) is 1. The van der Waals surface area contributed by atoms with E-state index in [-0.39, 0.29) is 13.2 Å². The minimum atomic E-state index is -0.555. The predicted octanol–water partition coefficient (Wildman–Crippen LogP) is 0.208. The zero-order valence-corrected chi connectivity index (χ0v) is 7.43. The average molecular weight is 191 g/mol. The molecule has 1 aliphatic heterocycles. The van der Waals surface area contributed by atoms with Gasteiger partial charge in [-0.05, 0) is 12.1 Å². The molecule has 0 radical (unpaired) electrons. The van der Waals surface area contributed by atoms with E-state index in [4.69, 9.17) is 5.11 Å². The highest BCUT2D eigenvalue weighted by Crippen LogP contribution is 2.27. The fraction of sp³-hybridized carbons (Fsp3) is 0.200. The number of aliphatic hydroxyl groups is 1. The Kier molecular flexibility index (Phi) is 2.05. The fourth-order valence-electron chi connectivity index (χ4n) is 1.57. The van der Waals surface area contributed by atoms with E-state index in [1.54, 1.807) is 24.3 Å². The van der Waals surface area contributed by atoms with Gasteiger partial charge in [-0.2, -0.15) is 0 Å². The molecule has 0 saturated heterocycles. The number of fused-ring (bicyclic) bond motifs is 1. The van der Waals surface area contributed by atoms with E-state index in [0.29, 0.717) is 11.3 Å². The first-order valence-corrected chi connectivity index (χ1v) is 4.32. The summed E-state index contributed by atoms with van der Waals surface area (Å²) in [6.45, 7) is 0.0228. The first kappa shape index (κ1) is 8.90. The molecule has 0 fully saturated rings. The smallest absolute Gasteiger partial charge is 0.299 e. The number of hydrogen-bond acceptors (Lipinski definition) is 3. The van der Waals surface area contributed by atoms with Gasteiger partial charge < -0.3 is 10.0 Å². The van der Waals surface area contributed by atoms with Crippen LogP contribution in [-0.2, 0) is 4.79 Å². The molecule has 2 rings (SSSR count). The first-order valence-electron chi connectivity index (χ1n) is 4.32. The zero-order valence-electron chi connectivity index (χ0n) is 7.43. The van der Waals surface area contributed by atoms with Gasteiger partial charge in [0.15, 0.2) is 0 Å². The van der Waals surface area contributed by atoms with Crippen LogP contribution in [0.25, 0.3) is 0 Å². The second kappa shape index (κ2) is 3.23. The van der Waals surface area contributed by atoms with Gasteiger partial charge in [0.1, 0.15) is 0 Å². The number of benzene rings is 1. The Morgan fingerprint density at radius 1 is 1.21 bits per heavy atom. The quantitative estimate of drug-likeness (QED) is 0.680. The van der Waals surface area contributed by atoms with Crippen molar-refractivity contribution < 1.29 is 14.7 Å². The Hall–Kier alpha value is -1.68. The molecule has 72 valence electrons. The van der Waals surface area contributed by atoms with Crippen molar-refractivity contribution in [3.63, 3.8) is 0 Å². The van der Waals surface area contributed by atoms with Gasteiger partial charge in [-0.1, -0.05) is 12.1 Å². The summed E-state index contributed by atoms with van der Waals surface area (Å²) >= 11 is 0. The van der Waals surface area contributed by atoms with Gasteiger partial charge in [0.2, 0.25) is 0 Å². The van der Waals surface area contributed by atoms with Crippen LogP contribution in [-0.4, -0.2) is 29.9 Å². The lowest BCUT2D eigenvalue weighted by molar-refractivity contribution is -0.114. The Balaban J connectivity index is 2.48. The van der Waals surface area contributed by atoms with Crippen LogP contribution >= 0.6 is 0 Å². The standard InChI is InChI=1S/C10H9NO3/c12-6-5-11-8-4-2-1-3-7(8)9(13)10(11)14/h1-4,12H,5-6H2. The minimum absolute atomic E-state index is 0.145. The lowest BCUT2D eigenvalue weighted by Gasteiger charge is -2.13. The molecule has 1 aliphatic rings. The number of aliphatic hydroxyl groups excluding tert-OH is 1. The van der Waals surface area contributed by atoms with Crippen molar-refractivity contribution >= 4 is 17.4 Å². The molecule has 0 aromatic heterocycles. The van der Waals surface area contributed by atoms with Crippen LogP contribution < -0.4 is 4.90 Å². The molecule has 0 bridgehead atoms. The second-order valence-electron chi connectivity index (χ2n) is 3.03. The highest BCUT2D eigenvalue weighted by molar-refractivity contribution is 6.52. The summed E-state index contributed by atoms with van der Waals surface area (Å²) in [7, 11) is 0. The minimum Gasteiger partial charge on any atom is -0.395 e. The summed E-state index contributed by atoms with van der Waals surface area (Å²) in [6.07, 6.45) is 0. The van der Waals surface area contributed by atoms with E-state index in [0.717, 1.165) is 0 Å². The van der Waals surface area contributed by atoms with E-state index in [1.165, 1.54) is 4.90 Å². The van der Waals surface area contributed by atoms with Crippen molar-refractivity contribution in [2.45, 2.75) is 0 Å². The van der Waals surface area contributed by atoms with Crippen LogP contribution in [0.5, 0.6) is 0 Å². The van der Waals surface area contributed by atoms with E-state index in [9.17, 15) is 9.59 Å². The number of carbonyl (C=O) groups is 2. The maximum absolute atomic E-state index is 11.4. The number of rotatable bonds is 2. The summed E-state index contributed by atoms with van der Waals surface area (Å²) in [6, 6.07) is 6.79. The normalized spacial score (nSPS) is 14.8. The largest absolute Gasteiger partial charge is 0.395 e. The van der Waals surface area contributed by atoms with Gasteiger partial charge in [-0.25, -0.2) is 0 Å². The van der Waals surface area contributed by atoms with E-state index < -0.39 is 11.7 Å². The Labute approximate surface area is 80.8 Å². The molecule has 0 aliphatic carbocycles. The number of ketones is 1. The SMILES string of the molecule is O=C1C(=O)N(CCO)c2ccccc21. The Morgan fingerprint density at radius 3 is 2.64 bits per heavy atom. The molecule has 0 saturated carbocycles. The highest BCUT2D eigenvalue weighted by Gasteiger charge is 2.34. The number of carbonyl (C=O) groups excluding carboxylic acids is 2. The van der Waals surface area contributed by atoms with Gasteiger partial charge in [0.25, 0.3) is 11.7 Å². The van der Waals surface area contributed by atoms with Crippen molar-refractivity contribution in [1.29, 1.82) is 0 Å². The van der Waals surface area contributed by atoms with Gasteiger partial charge in [-0.15, -0.1) is 0 Å². The topological polar surface area (TPSA) is 57.6 Å². The predicted molar refractivity (Wildman–Crippen MR) is 50.2 cm³/mol. The van der Waals surface area contributed by atoms with Crippen molar-refractivity contribution in [2.24, 2.45) is 0 Å². The molecule has 4 nitrogen and oxygen atoms in total. The number of para-hydroxylation sites is 1. The van der Waals surface area contributed by atoms with Crippen LogP contribution in [0.4, 0.5) is 5.69 Å². The first-order chi connectivity index (χ1) is 6.75. The summed E-state index contributed by atoms with van der Waals surface area (Å²) in [5.74, 6) is -1.05. The molecule has 1 heterocycles. The average Bonchev–Trinajstić information content (AvgIpc) is 2.45. The summed E-state index contributed by atoms with van der Waals surface area (Å²) in [5, 5.41) is 8.75. The van der Waals surface area contributed by atoms with Gasteiger partial charge in [0.05, 0.1) is 17.9 Å². The van der Waals surface area contributed by atoms with Crippen LogP contribution in [0.15, 0.2) is 24.3 Å². The molecular weight excluding hydrogens is 182 g/mol. The highest BCUT2D eigenvalue weighted by atomic mass is 16.3. The second-order valence-corrected chi connectivity index (χ2v) is 3.03. The maximum atomic E-state index is 11.4. The molecule has 1 aromatic rings. The van der Waals surface area contributed by atoms with Gasteiger partial charge in [-0.3, -0.25) is 9.59 Å².